The quantitative estimate of drug-likeness (QED) is 0.275. The number of fused-ring (bicyclic) bond motifs is 4. The van der Waals surface area contributed by atoms with Gasteiger partial charge in [0.2, 0.25) is 0 Å². The van der Waals surface area contributed by atoms with Crippen molar-refractivity contribution in [1.29, 1.82) is 0 Å². The Morgan fingerprint density at radius 2 is 1.89 bits per heavy atom. The van der Waals surface area contributed by atoms with Crippen LogP contribution in [0.5, 0.6) is 0 Å². The van der Waals surface area contributed by atoms with Crippen molar-refractivity contribution in [3.63, 3.8) is 0 Å². The summed E-state index contributed by atoms with van der Waals surface area (Å²) >= 11 is 0. The molecule has 236 valence electrons. The van der Waals surface area contributed by atoms with Gasteiger partial charge in [0.1, 0.15) is 0 Å². The number of rotatable bonds is 3. The minimum Gasteiger partial charge on any atom is -0.469 e. The number of aromatic nitrogens is 1. The van der Waals surface area contributed by atoms with Gasteiger partial charge >= 0.3 is 5.97 Å². The lowest BCUT2D eigenvalue weighted by molar-refractivity contribution is -0.149. The standard InChI is InChI=1S/C40H44N4O2/c1-4-37-14-7-17-42-19-13-27-26-9-5-6-10-31(26)44(33(27)34(37)42)32(23-37)25-11-12-30-28(21-25)39-16-20-43-18-8-15-38(36(39)43)22-29(35(45)46-3)40(39,41-30)24(38)2/h5-12,14-15,21,24,29,32,34,36,41H,4,13,16-20,22-23H2,1-3H3/t24-,29-,32+,34+,36-,37-,38-,39+,40+/m0/s1. The summed E-state index contributed by atoms with van der Waals surface area (Å²) in [7, 11) is 1.58. The van der Waals surface area contributed by atoms with Gasteiger partial charge in [0.25, 0.3) is 0 Å². The third kappa shape index (κ3) is 2.60. The molecule has 1 aromatic heterocycles. The summed E-state index contributed by atoms with van der Waals surface area (Å²) in [5.74, 6) is 0.142. The second-order valence-corrected chi connectivity index (χ2v) is 16.0. The van der Waals surface area contributed by atoms with E-state index in [1.165, 1.54) is 27.7 Å². The smallest absolute Gasteiger partial charge is 0.311 e. The zero-order chi connectivity index (χ0) is 30.8. The largest absolute Gasteiger partial charge is 0.469 e. The maximum absolute atomic E-state index is 13.7. The number of ether oxygens (including phenoxy) is 1. The van der Waals surface area contributed by atoms with Gasteiger partial charge in [-0.1, -0.05) is 68.5 Å². The predicted molar refractivity (Wildman–Crippen MR) is 180 cm³/mol. The van der Waals surface area contributed by atoms with Gasteiger partial charge in [-0.2, -0.15) is 0 Å². The van der Waals surface area contributed by atoms with E-state index < -0.39 is 0 Å². The first-order chi connectivity index (χ1) is 22.4. The first-order valence-corrected chi connectivity index (χ1v) is 17.9. The molecule has 9 atom stereocenters. The van der Waals surface area contributed by atoms with Crippen LogP contribution in [-0.2, 0) is 21.4 Å². The summed E-state index contributed by atoms with van der Waals surface area (Å²) in [6, 6.07) is 17.8. The van der Waals surface area contributed by atoms with Crippen molar-refractivity contribution >= 4 is 22.6 Å². The second-order valence-electron chi connectivity index (χ2n) is 16.0. The highest BCUT2D eigenvalue weighted by atomic mass is 16.5. The number of benzene rings is 2. The Kier molecular flexibility index (Phi) is 4.86. The number of hydrogen-bond acceptors (Lipinski definition) is 5. The summed E-state index contributed by atoms with van der Waals surface area (Å²) in [6.07, 6.45) is 15.3. The van der Waals surface area contributed by atoms with Crippen molar-refractivity contribution in [3.05, 3.63) is 89.2 Å². The van der Waals surface area contributed by atoms with Crippen LogP contribution in [0.2, 0.25) is 0 Å². The molecule has 6 heteroatoms. The highest BCUT2D eigenvalue weighted by molar-refractivity contribution is 5.87. The van der Waals surface area contributed by atoms with Crippen molar-refractivity contribution in [2.45, 2.75) is 75.0 Å². The van der Waals surface area contributed by atoms with E-state index in [0.717, 1.165) is 58.3 Å². The number of carbonyl (C=O) groups is 1. The third-order valence-electron chi connectivity index (χ3n) is 15.2. The van der Waals surface area contributed by atoms with E-state index in [1.807, 2.05) is 0 Å². The highest BCUT2D eigenvalue weighted by Gasteiger charge is 2.85. The lowest BCUT2D eigenvalue weighted by Gasteiger charge is -2.54. The Balaban J connectivity index is 1.14. The van der Waals surface area contributed by atoms with Gasteiger partial charge in [0, 0.05) is 64.2 Å². The molecule has 6 aliphatic heterocycles. The Morgan fingerprint density at radius 3 is 2.76 bits per heavy atom. The van der Waals surface area contributed by atoms with Crippen molar-refractivity contribution < 1.29 is 9.53 Å². The van der Waals surface area contributed by atoms with Gasteiger partial charge in [-0.15, -0.1) is 0 Å². The van der Waals surface area contributed by atoms with Crippen LogP contribution in [0.25, 0.3) is 10.9 Å². The molecule has 2 aromatic carbocycles. The van der Waals surface area contributed by atoms with E-state index in [2.05, 4.69) is 100 Å². The van der Waals surface area contributed by atoms with Crippen LogP contribution in [-0.4, -0.2) is 65.2 Å². The van der Waals surface area contributed by atoms with E-state index >= 15 is 0 Å². The van der Waals surface area contributed by atoms with E-state index in [9.17, 15) is 4.79 Å². The van der Waals surface area contributed by atoms with Crippen LogP contribution in [0.15, 0.2) is 66.8 Å². The number of para-hydroxylation sites is 1. The number of carbonyl (C=O) groups excluding carboxylic acids is 1. The van der Waals surface area contributed by atoms with E-state index in [-0.39, 0.29) is 39.7 Å². The molecule has 3 aromatic rings. The van der Waals surface area contributed by atoms with Crippen LogP contribution in [0, 0.1) is 22.7 Å². The minimum atomic E-state index is -0.330. The van der Waals surface area contributed by atoms with Gasteiger partial charge in [-0.25, -0.2) is 0 Å². The highest BCUT2D eigenvalue weighted by Crippen LogP contribution is 2.79. The molecule has 1 saturated heterocycles. The maximum Gasteiger partial charge on any atom is 0.311 e. The molecule has 2 aliphatic carbocycles. The van der Waals surface area contributed by atoms with Gasteiger partial charge in [-0.3, -0.25) is 14.6 Å². The Bertz CT molecular complexity index is 1940. The first kappa shape index (κ1) is 26.7. The molecule has 0 radical (unpaired) electrons. The zero-order valence-corrected chi connectivity index (χ0v) is 27.3. The van der Waals surface area contributed by atoms with Crippen LogP contribution < -0.4 is 5.32 Å². The second kappa shape index (κ2) is 8.38. The van der Waals surface area contributed by atoms with Crippen molar-refractivity contribution in [2.75, 3.05) is 38.6 Å². The monoisotopic (exact) mass is 612 g/mol. The van der Waals surface area contributed by atoms with Gasteiger partial charge in [0.15, 0.2) is 0 Å². The Hall–Kier alpha value is -3.35. The summed E-state index contributed by atoms with van der Waals surface area (Å²) in [4.78, 5) is 19.2. The molecule has 7 heterocycles. The number of methoxy groups -OCH3 is 1. The number of anilines is 1. The van der Waals surface area contributed by atoms with Crippen LogP contribution >= 0.6 is 0 Å². The number of esters is 1. The van der Waals surface area contributed by atoms with E-state index in [1.54, 1.807) is 18.4 Å². The average molecular weight is 613 g/mol. The van der Waals surface area contributed by atoms with Gasteiger partial charge < -0.3 is 14.6 Å². The molecule has 1 N–H and O–H groups in total. The van der Waals surface area contributed by atoms with E-state index in [0.29, 0.717) is 18.0 Å². The molecule has 2 saturated carbocycles. The molecule has 11 rings (SSSR count). The Morgan fingerprint density at radius 1 is 1.04 bits per heavy atom. The third-order valence-corrected chi connectivity index (χ3v) is 15.2. The lowest BCUT2D eigenvalue weighted by atomic mass is 9.57. The molecular weight excluding hydrogens is 568 g/mol. The minimum absolute atomic E-state index is 0.00924. The summed E-state index contributed by atoms with van der Waals surface area (Å²) < 4.78 is 8.35. The zero-order valence-electron chi connectivity index (χ0n) is 27.3. The van der Waals surface area contributed by atoms with Crippen molar-refractivity contribution in [2.24, 2.45) is 22.7 Å². The Labute approximate surface area is 271 Å². The fourth-order valence-electron chi connectivity index (χ4n) is 13.7. The average Bonchev–Trinajstić information content (AvgIpc) is 3.84. The SMILES string of the molecule is CC[C@]12C=CCN3CCc4c(n(c5ccccc45)[C@@H](c4ccc5c(c4)[C@@]46CCN7CC=C[C@@]8(C[C@@H](C(=O)OC)[C@]4(N5)[C@H]8C)[C@H]76)C1)[C@@H]32. The van der Waals surface area contributed by atoms with Crippen molar-refractivity contribution in [1.82, 2.24) is 14.4 Å². The topological polar surface area (TPSA) is 49.7 Å². The van der Waals surface area contributed by atoms with Gasteiger partial charge in [-0.05, 0) is 73.4 Å². The summed E-state index contributed by atoms with van der Waals surface area (Å²) in [5, 5.41) is 5.61. The normalized spacial score (nSPS) is 42.1. The molecule has 0 unspecified atom stereocenters. The molecule has 0 amide bonds. The molecule has 8 aliphatic rings. The molecule has 6 nitrogen and oxygen atoms in total. The number of nitrogens with zero attached hydrogens (tertiary/aromatic N) is 3. The first-order valence-electron chi connectivity index (χ1n) is 17.9. The molecule has 46 heavy (non-hydrogen) atoms. The van der Waals surface area contributed by atoms with Crippen LogP contribution in [0.1, 0.15) is 74.0 Å². The summed E-state index contributed by atoms with van der Waals surface area (Å²) in [6.45, 7) is 9.15. The molecule has 2 bridgehead atoms. The maximum atomic E-state index is 13.7. The summed E-state index contributed by atoms with van der Waals surface area (Å²) in [5.41, 5.74) is 8.38. The van der Waals surface area contributed by atoms with Gasteiger partial charge in [0.05, 0.1) is 30.7 Å². The molecular formula is C40H44N4O2. The lowest BCUT2D eigenvalue weighted by Crippen LogP contribution is -2.63. The van der Waals surface area contributed by atoms with Crippen molar-refractivity contribution in [3.8, 4) is 0 Å². The fraction of sp³-hybridized carbons (Fsp3) is 0.525. The molecule has 3 spiro atoms. The number of nitrogens with one attached hydrogen (secondary N) is 1. The predicted octanol–water partition coefficient (Wildman–Crippen LogP) is 6.38. The van der Waals surface area contributed by atoms with Crippen LogP contribution in [0.3, 0.4) is 0 Å². The molecule has 3 fully saturated rings. The number of hydrogen-bond donors (Lipinski definition) is 1. The van der Waals surface area contributed by atoms with E-state index in [4.69, 9.17) is 4.74 Å². The fourth-order valence-corrected chi connectivity index (χ4v) is 13.7. The van der Waals surface area contributed by atoms with Crippen LogP contribution in [0.4, 0.5) is 5.69 Å².